The van der Waals surface area contributed by atoms with Crippen LogP contribution in [0.5, 0.6) is 0 Å². The number of carbonyl (C=O) groups is 2. The zero-order chi connectivity index (χ0) is 25.6. The lowest BCUT2D eigenvalue weighted by Crippen LogP contribution is -2.28. The summed E-state index contributed by atoms with van der Waals surface area (Å²) in [4.78, 5) is 37.3. The Morgan fingerprint density at radius 1 is 1.03 bits per heavy atom. The molecule has 0 saturated carbocycles. The number of aromatic nitrogens is 3. The first-order valence-corrected chi connectivity index (χ1v) is 13.2. The second kappa shape index (κ2) is 11.4. The van der Waals surface area contributed by atoms with Crippen molar-refractivity contribution in [2.45, 2.75) is 26.2 Å². The van der Waals surface area contributed by atoms with Gasteiger partial charge in [-0.15, -0.1) is 0 Å². The molecule has 1 aliphatic heterocycles. The highest BCUT2D eigenvalue weighted by atomic mass is 32.1. The number of carbonyl (C=O) groups excluding carboxylic acids is 2. The number of para-hydroxylation sites is 2. The normalized spacial score (nSPS) is 13.5. The molecular weight excluding hydrogens is 486 g/mol. The second-order valence-corrected chi connectivity index (χ2v) is 9.81. The largest absolute Gasteiger partial charge is 0.352 e. The minimum atomic E-state index is -0.314. The Kier molecular flexibility index (Phi) is 7.67. The van der Waals surface area contributed by atoms with Crippen molar-refractivity contribution in [3.63, 3.8) is 0 Å². The molecule has 190 valence electrons. The number of fused-ring (bicyclic) bond motifs is 1. The van der Waals surface area contributed by atoms with E-state index in [1.807, 2.05) is 24.3 Å². The Bertz CT molecular complexity index is 1410. The third kappa shape index (κ3) is 6.10. The standard InChI is InChI=1S/C27H29N7O2S/c1-18-24(27(37-33-18)32-23-17-29-21-10-2-3-11-22(21)31-23)26(36)30-20-9-6-8-19(16-20)25(35)28-12-7-15-34-13-4-5-14-34/h2-3,6,8-11,16-17H,4-5,7,12-15H2,1H3,(H,28,35)(H,30,36)(H,31,32). The van der Waals surface area contributed by atoms with Gasteiger partial charge in [-0.05, 0) is 87.7 Å². The van der Waals surface area contributed by atoms with E-state index in [-0.39, 0.29) is 11.8 Å². The van der Waals surface area contributed by atoms with Gasteiger partial charge in [0.15, 0.2) is 0 Å². The van der Waals surface area contributed by atoms with Crippen molar-refractivity contribution in [2.75, 3.05) is 36.8 Å². The van der Waals surface area contributed by atoms with E-state index in [0.717, 1.165) is 37.1 Å². The summed E-state index contributed by atoms with van der Waals surface area (Å²) < 4.78 is 4.36. The van der Waals surface area contributed by atoms with Gasteiger partial charge in [0.1, 0.15) is 10.8 Å². The molecular formula is C27H29N7O2S. The Morgan fingerprint density at radius 2 is 1.84 bits per heavy atom. The number of anilines is 3. The molecule has 3 heterocycles. The molecule has 0 radical (unpaired) electrons. The molecule has 10 heteroatoms. The molecule has 0 aliphatic carbocycles. The van der Waals surface area contributed by atoms with Crippen LogP contribution < -0.4 is 16.0 Å². The highest BCUT2D eigenvalue weighted by Crippen LogP contribution is 2.28. The third-order valence-electron chi connectivity index (χ3n) is 6.30. The lowest BCUT2D eigenvalue weighted by atomic mass is 10.1. The molecule has 9 nitrogen and oxygen atoms in total. The number of nitrogens with zero attached hydrogens (tertiary/aromatic N) is 4. The molecule has 0 atom stereocenters. The van der Waals surface area contributed by atoms with Gasteiger partial charge in [-0.25, -0.2) is 4.98 Å². The summed E-state index contributed by atoms with van der Waals surface area (Å²) in [5.74, 6) is 0.0635. The quantitative estimate of drug-likeness (QED) is 0.279. The van der Waals surface area contributed by atoms with Gasteiger partial charge in [0.05, 0.1) is 28.5 Å². The van der Waals surface area contributed by atoms with Crippen LogP contribution in [0.25, 0.3) is 11.0 Å². The molecule has 5 rings (SSSR count). The summed E-state index contributed by atoms with van der Waals surface area (Å²) in [6, 6.07) is 14.5. The lowest BCUT2D eigenvalue weighted by Gasteiger charge is -2.14. The molecule has 37 heavy (non-hydrogen) atoms. The van der Waals surface area contributed by atoms with Crippen LogP contribution in [-0.4, -0.2) is 57.2 Å². The Hall–Kier alpha value is -3.89. The number of hydrogen-bond donors (Lipinski definition) is 3. The van der Waals surface area contributed by atoms with E-state index in [1.54, 1.807) is 37.4 Å². The van der Waals surface area contributed by atoms with Crippen LogP contribution in [-0.2, 0) is 0 Å². The fourth-order valence-electron chi connectivity index (χ4n) is 4.40. The van der Waals surface area contributed by atoms with E-state index in [2.05, 4.69) is 35.2 Å². The van der Waals surface area contributed by atoms with Gasteiger partial charge < -0.3 is 20.9 Å². The topological polar surface area (TPSA) is 112 Å². The average Bonchev–Trinajstić information content (AvgIpc) is 3.56. The smallest absolute Gasteiger partial charge is 0.260 e. The number of hydrogen-bond acceptors (Lipinski definition) is 8. The highest BCUT2D eigenvalue weighted by molar-refractivity contribution is 7.10. The predicted molar refractivity (Wildman–Crippen MR) is 147 cm³/mol. The molecule has 2 amide bonds. The van der Waals surface area contributed by atoms with Gasteiger partial charge in [0.25, 0.3) is 11.8 Å². The van der Waals surface area contributed by atoms with E-state index in [1.165, 1.54) is 24.4 Å². The number of likely N-dealkylation sites (tertiary alicyclic amines) is 1. The molecule has 0 bridgehead atoms. The van der Waals surface area contributed by atoms with E-state index in [0.29, 0.717) is 39.9 Å². The monoisotopic (exact) mass is 515 g/mol. The Morgan fingerprint density at radius 3 is 2.68 bits per heavy atom. The molecule has 0 unspecified atom stereocenters. The molecule has 1 saturated heterocycles. The van der Waals surface area contributed by atoms with Gasteiger partial charge >= 0.3 is 0 Å². The second-order valence-electron chi connectivity index (χ2n) is 9.03. The number of aryl methyl sites for hydroxylation is 1. The minimum absolute atomic E-state index is 0.150. The van der Waals surface area contributed by atoms with Crippen LogP contribution in [0.2, 0.25) is 0 Å². The summed E-state index contributed by atoms with van der Waals surface area (Å²) in [7, 11) is 0. The molecule has 1 fully saturated rings. The Balaban J connectivity index is 1.22. The third-order valence-corrected chi connectivity index (χ3v) is 7.15. The highest BCUT2D eigenvalue weighted by Gasteiger charge is 2.20. The van der Waals surface area contributed by atoms with Crippen molar-refractivity contribution in [1.29, 1.82) is 0 Å². The van der Waals surface area contributed by atoms with Crippen LogP contribution in [0.1, 0.15) is 45.7 Å². The van der Waals surface area contributed by atoms with Crippen molar-refractivity contribution in [1.82, 2.24) is 24.6 Å². The van der Waals surface area contributed by atoms with Gasteiger partial charge in [0.2, 0.25) is 0 Å². The van der Waals surface area contributed by atoms with Crippen LogP contribution in [0.3, 0.4) is 0 Å². The molecule has 3 N–H and O–H groups in total. The maximum Gasteiger partial charge on any atom is 0.260 e. The number of nitrogens with one attached hydrogen (secondary N) is 3. The van der Waals surface area contributed by atoms with Crippen LogP contribution in [0.15, 0.2) is 54.7 Å². The summed E-state index contributed by atoms with van der Waals surface area (Å²) in [6.45, 7) is 5.72. The van der Waals surface area contributed by atoms with E-state index < -0.39 is 0 Å². The molecule has 2 aromatic carbocycles. The van der Waals surface area contributed by atoms with Crippen molar-refractivity contribution >= 4 is 50.9 Å². The zero-order valence-electron chi connectivity index (χ0n) is 20.7. The maximum absolute atomic E-state index is 13.2. The van der Waals surface area contributed by atoms with Crippen molar-refractivity contribution in [3.05, 3.63) is 71.5 Å². The minimum Gasteiger partial charge on any atom is -0.352 e. The molecule has 4 aromatic rings. The van der Waals surface area contributed by atoms with Gasteiger partial charge in [-0.3, -0.25) is 14.6 Å². The van der Waals surface area contributed by atoms with Gasteiger partial charge in [-0.1, -0.05) is 18.2 Å². The van der Waals surface area contributed by atoms with E-state index >= 15 is 0 Å². The van der Waals surface area contributed by atoms with Gasteiger partial charge in [0, 0.05) is 17.8 Å². The summed E-state index contributed by atoms with van der Waals surface area (Å²) in [5, 5.41) is 9.65. The maximum atomic E-state index is 13.2. The fourth-order valence-corrected chi connectivity index (χ4v) is 5.20. The lowest BCUT2D eigenvalue weighted by molar-refractivity contribution is 0.0950. The van der Waals surface area contributed by atoms with Crippen LogP contribution >= 0.6 is 11.5 Å². The van der Waals surface area contributed by atoms with Crippen molar-refractivity contribution in [2.24, 2.45) is 0 Å². The average molecular weight is 516 g/mol. The van der Waals surface area contributed by atoms with Gasteiger partial charge in [-0.2, -0.15) is 4.37 Å². The van der Waals surface area contributed by atoms with E-state index in [9.17, 15) is 9.59 Å². The summed E-state index contributed by atoms with van der Waals surface area (Å²) >= 11 is 1.19. The zero-order valence-corrected chi connectivity index (χ0v) is 21.5. The molecule has 2 aromatic heterocycles. The number of benzene rings is 2. The van der Waals surface area contributed by atoms with Crippen molar-refractivity contribution in [3.8, 4) is 0 Å². The first kappa shape index (κ1) is 24.8. The van der Waals surface area contributed by atoms with E-state index in [4.69, 9.17) is 0 Å². The summed E-state index contributed by atoms with van der Waals surface area (Å²) in [5.41, 5.74) is 3.62. The van der Waals surface area contributed by atoms with Crippen LogP contribution in [0.4, 0.5) is 16.5 Å². The number of rotatable bonds is 9. The molecule has 1 aliphatic rings. The fraction of sp³-hybridized carbons (Fsp3) is 0.296. The Labute approximate surface area is 219 Å². The number of amides is 2. The predicted octanol–water partition coefficient (Wildman–Crippen LogP) is 4.61. The molecule has 0 spiro atoms. The van der Waals surface area contributed by atoms with Crippen molar-refractivity contribution < 1.29 is 9.59 Å². The van der Waals surface area contributed by atoms with Crippen LogP contribution in [0, 0.1) is 6.92 Å². The SMILES string of the molecule is Cc1nsc(Nc2cnc3ccccc3n2)c1C(=O)Nc1cccc(C(=O)NCCCN2CCCC2)c1. The first-order valence-electron chi connectivity index (χ1n) is 12.4. The summed E-state index contributed by atoms with van der Waals surface area (Å²) in [6.07, 6.45) is 5.08. The first-order chi connectivity index (χ1) is 18.1.